The molecule has 5 heteroatoms. The lowest BCUT2D eigenvalue weighted by Crippen LogP contribution is -2.33. The summed E-state index contributed by atoms with van der Waals surface area (Å²) in [5.74, 6) is 1.32. The number of hydrogen-bond acceptors (Lipinski definition) is 4. The van der Waals surface area contributed by atoms with Crippen LogP contribution in [0.25, 0.3) is 0 Å². The fourth-order valence-corrected chi connectivity index (χ4v) is 2.16. The maximum atomic E-state index is 12.0. The van der Waals surface area contributed by atoms with Crippen molar-refractivity contribution >= 4 is 5.91 Å². The van der Waals surface area contributed by atoms with Crippen LogP contribution in [0.3, 0.4) is 0 Å². The molecule has 0 bridgehead atoms. The van der Waals surface area contributed by atoms with Gasteiger partial charge in [-0.3, -0.25) is 4.79 Å². The van der Waals surface area contributed by atoms with E-state index in [0.717, 1.165) is 24.9 Å². The molecule has 21 heavy (non-hydrogen) atoms. The molecule has 1 amide bonds. The summed E-state index contributed by atoms with van der Waals surface area (Å²) in [6.45, 7) is 3.32. The fraction of sp³-hybridized carbons (Fsp3) is 0.562. The third kappa shape index (κ3) is 4.36. The number of carbonyl (C=O) groups is 1. The molecule has 1 N–H and O–H groups in total. The van der Waals surface area contributed by atoms with Crippen LogP contribution in [-0.2, 0) is 11.3 Å². The molecule has 0 heterocycles. The number of hydrogen-bond donors (Lipinski definition) is 1. The molecule has 0 aliphatic heterocycles. The second-order valence-electron chi connectivity index (χ2n) is 5.27. The van der Waals surface area contributed by atoms with Gasteiger partial charge in [0.15, 0.2) is 18.1 Å². The van der Waals surface area contributed by atoms with Crippen LogP contribution in [0.2, 0.25) is 0 Å². The summed E-state index contributed by atoms with van der Waals surface area (Å²) in [6.07, 6.45) is 2.20. The molecule has 116 valence electrons. The molecule has 1 aromatic carbocycles. The van der Waals surface area contributed by atoms with E-state index >= 15 is 0 Å². The van der Waals surface area contributed by atoms with Crippen LogP contribution in [0.5, 0.6) is 11.5 Å². The quantitative estimate of drug-likeness (QED) is 0.794. The molecule has 0 atom stereocenters. The van der Waals surface area contributed by atoms with E-state index in [1.54, 1.807) is 4.90 Å². The average Bonchev–Trinajstić information content (AvgIpc) is 3.30. The number of carbonyl (C=O) groups excluding carboxylic acids is 1. The average molecular weight is 292 g/mol. The largest absolute Gasteiger partial charge is 0.490 e. The summed E-state index contributed by atoms with van der Waals surface area (Å²) in [7, 11) is 3.74. The van der Waals surface area contributed by atoms with Gasteiger partial charge in [0.2, 0.25) is 0 Å². The smallest absolute Gasteiger partial charge is 0.260 e. The van der Waals surface area contributed by atoms with Gasteiger partial charge in [0.1, 0.15) is 0 Å². The number of nitrogens with one attached hydrogen (secondary N) is 1. The molecule has 0 aromatic heterocycles. The first-order chi connectivity index (χ1) is 10.2. The van der Waals surface area contributed by atoms with Gasteiger partial charge in [0, 0.05) is 19.6 Å². The Morgan fingerprint density at radius 1 is 1.33 bits per heavy atom. The van der Waals surface area contributed by atoms with Gasteiger partial charge in [0.25, 0.3) is 5.91 Å². The first-order valence-corrected chi connectivity index (χ1v) is 7.44. The Labute approximate surface area is 126 Å². The molecular formula is C16H24N2O3. The molecule has 1 saturated carbocycles. The highest BCUT2D eigenvalue weighted by Crippen LogP contribution is 2.29. The topological polar surface area (TPSA) is 50.8 Å². The van der Waals surface area contributed by atoms with Crippen LogP contribution >= 0.6 is 0 Å². The predicted molar refractivity (Wildman–Crippen MR) is 81.7 cm³/mol. The highest BCUT2D eigenvalue weighted by Gasteiger charge is 2.29. The minimum absolute atomic E-state index is 0.0132. The summed E-state index contributed by atoms with van der Waals surface area (Å²) in [5.41, 5.74) is 1.12. The second-order valence-corrected chi connectivity index (χ2v) is 5.27. The summed E-state index contributed by atoms with van der Waals surface area (Å²) in [5, 5.41) is 3.10. The Morgan fingerprint density at radius 3 is 2.71 bits per heavy atom. The van der Waals surface area contributed by atoms with Crippen LogP contribution in [0.15, 0.2) is 18.2 Å². The first kappa shape index (κ1) is 15.6. The van der Waals surface area contributed by atoms with Crippen LogP contribution in [0.4, 0.5) is 0 Å². The van der Waals surface area contributed by atoms with E-state index < -0.39 is 0 Å². The third-order valence-electron chi connectivity index (χ3n) is 3.53. The van der Waals surface area contributed by atoms with Crippen molar-refractivity contribution in [1.82, 2.24) is 10.2 Å². The van der Waals surface area contributed by atoms with Gasteiger partial charge < -0.3 is 19.7 Å². The summed E-state index contributed by atoms with van der Waals surface area (Å²) >= 11 is 0. The lowest BCUT2D eigenvalue weighted by molar-refractivity contribution is -0.132. The molecule has 1 aliphatic rings. The molecule has 0 radical (unpaired) electrons. The number of likely N-dealkylation sites (N-methyl/N-ethyl adjacent to an activating group) is 1. The highest BCUT2D eigenvalue weighted by molar-refractivity contribution is 5.78. The normalized spacial score (nSPS) is 13.9. The minimum Gasteiger partial charge on any atom is -0.490 e. The van der Waals surface area contributed by atoms with Crippen molar-refractivity contribution < 1.29 is 14.3 Å². The molecule has 5 nitrogen and oxygen atoms in total. The fourth-order valence-electron chi connectivity index (χ4n) is 2.16. The molecule has 0 saturated heterocycles. The van der Waals surface area contributed by atoms with Gasteiger partial charge in [-0.1, -0.05) is 6.07 Å². The SMILES string of the molecule is CCOc1cc(CNC)ccc1OCC(=O)N(C)C1CC1. The Hall–Kier alpha value is -1.75. The second kappa shape index (κ2) is 7.31. The van der Waals surface area contributed by atoms with E-state index in [-0.39, 0.29) is 12.5 Å². The van der Waals surface area contributed by atoms with Crippen molar-refractivity contribution in [2.45, 2.75) is 32.4 Å². The Bertz CT molecular complexity index is 486. The van der Waals surface area contributed by atoms with E-state index in [9.17, 15) is 4.79 Å². The zero-order chi connectivity index (χ0) is 15.2. The molecular weight excluding hydrogens is 268 g/mol. The maximum Gasteiger partial charge on any atom is 0.260 e. The maximum absolute atomic E-state index is 12.0. The van der Waals surface area contributed by atoms with Gasteiger partial charge in [0.05, 0.1) is 6.61 Å². The summed E-state index contributed by atoms with van der Waals surface area (Å²) < 4.78 is 11.2. The van der Waals surface area contributed by atoms with E-state index in [0.29, 0.717) is 24.1 Å². The van der Waals surface area contributed by atoms with Gasteiger partial charge in [-0.15, -0.1) is 0 Å². The van der Waals surface area contributed by atoms with Gasteiger partial charge in [-0.2, -0.15) is 0 Å². The van der Waals surface area contributed by atoms with Crippen LogP contribution in [0.1, 0.15) is 25.3 Å². The standard InChI is InChI=1S/C16H24N2O3/c1-4-20-15-9-12(10-17-2)5-8-14(15)21-11-16(19)18(3)13-6-7-13/h5,8-9,13,17H,4,6-7,10-11H2,1-3H3. The van der Waals surface area contributed by atoms with E-state index in [4.69, 9.17) is 9.47 Å². The summed E-state index contributed by atoms with van der Waals surface area (Å²) in [4.78, 5) is 13.8. The van der Waals surface area contributed by atoms with Gasteiger partial charge in [-0.25, -0.2) is 0 Å². The summed E-state index contributed by atoms with van der Waals surface area (Å²) in [6, 6.07) is 6.20. The number of nitrogens with zero attached hydrogens (tertiary/aromatic N) is 1. The Morgan fingerprint density at radius 2 is 2.10 bits per heavy atom. The number of rotatable bonds is 8. The lowest BCUT2D eigenvalue weighted by atomic mass is 10.2. The van der Waals surface area contributed by atoms with E-state index in [1.165, 1.54) is 0 Å². The predicted octanol–water partition coefficient (Wildman–Crippen LogP) is 1.80. The van der Waals surface area contributed by atoms with Crippen LogP contribution in [0, 0.1) is 0 Å². The molecule has 1 aromatic rings. The van der Waals surface area contributed by atoms with Crippen molar-refractivity contribution in [2.24, 2.45) is 0 Å². The zero-order valence-corrected chi connectivity index (χ0v) is 13.0. The zero-order valence-electron chi connectivity index (χ0n) is 13.0. The van der Waals surface area contributed by atoms with Crippen molar-refractivity contribution in [3.63, 3.8) is 0 Å². The van der Waals surface area contributed by atoms with E-state index in [1.807, 2.05) is 39.2 Å². The number of amides is 1. The minimum atomic E-state index is 0.0132. The van der Waals surface area contributed by atoms with Crippen molar-refractivity contribution in [2.75, 3.05) is 27.3 Å². The van der Waals surface area contributed by atoms with Crippen LogP contribution < -0.4 is 14.8 Å². The Kier molecular flexibility index (Phi) is 5.44. The third-order valence-corrected chi connectivity index (χ3v) is 3.53. The number of ether oxygens (including phenoxy) is 2. The molecule has 1 aliphatic carbocycles. The number of benzene rings is 1. The molecule has 0 unspecified atom stereocenters. The van der Waals surface area contributed by atoms with Crippen LogP contribution in [-0.4, -0.2) is 44.2 Å². The van der Waals surface area contributed by atoms with Gasteiger partial charge >= 0.3 is 0 Å². The van der Waals surface area contributed by atoms with Crippen molar-refractivity contribution in [1.29, 1.82) is 0 Å². The van der Waals surface area contributed by atoms with Crippen molar-refractivity contribution in [3.8, 4) is 11.5 Å². The first-order valence-electron chi connectivity index (χ1n) is 7.44. The highest BCUT2D eigenvalue weighted by atomic mass is 16.5. The van der Waals surface area contributed by atoms with Crippen molar-refractivity contribution in [3.05, 3.63) is 23.8 Å². The van der Waals surface area contributed by atoms with Gasteiger partial charge in [-0.05, 0) is 44.5 Å². The van der Waals surface area contributed by atoms with E-state index in [2.05, 4.69) is 5.32 Å². The Balaban J connectivity index is 1.98. The molecule has 1 fully saturated rings. The molecule has 0 spiro atoms. The lowest BCUT2D eigenvalue weighted by Gasteiger charge is -2.18. The molecule has 2 rings (SSSR count). The monoisotopic (exact) mass is 292 g/mol.